The minimum atomic E-state index is -1.28. The van der Waals surface area contributed by atoms with Crippen molar-refractivity contribution < 1.29 is 19.0 Å². The molecule has 1 atom stereocenters. The first-order chi connectivity index (χ1) is 9.65. The molecule has 4 heteroatoms. The van der Waals surface area contributed by atoms with Gasteiger partial charge in [-0.05, 0) is 29.7 Å². The second kappa shape index (κ2) is 4.96. The monoisotopic (exact) mass is 272 g/mol. The summed E-state index contributed by atoms with van der Waals surface area (Å²) >= 11 is 0. The Labute approximate surface area is 115 Å². The second-order valence-electron chi connectivity index (χ2n) is 4.86. The van der Waals surface area contributed by atoms with Crippen molar-refractivity contribution in [2.75, 3.05) is 6.61 Å². The predicted octanol–water partition coefficient (Wildman–Crippen LogP) is 3.24. The van der Waals surface area contributed by atoms with E-state index in [2.05, 4.69) is 12.1 Å². The summed E-state index contributed by atoms with van der Waals surface area (Å²) in [5, 5.41) is 8.75. The number of halogens is 1. The third-order valence-electron chi connectivity index (χ3n) is 3.58. The van der Waals surface area contributed by atoms with Gasteiger partial charge in [-0.2, -0.15) is 0 Å². The van der Waals surface area contributed by atoms with Gasteiger partial charge in [0.25, 0.3) is 0 Å². The van der Waals surface area contributed by atoms with E-state index < -0.39 is 11.8 Å². The van der Waals surface area contributed by atoms with Crippen LogP contribution in [-0.4, -0.2) is 17.7 Å². The average Bonchev–Trinajstić information content (AvgIpc) is 2.39. The Morgan fingerprint density at radius 2 is 2.10 bits per heavy atom. The Balaban J connectivity index is 1.66. The van der Waals surface area contributed by atoms with Crippen molar-refractivity contribution in [3.8, 4) is 5.75 Å². The zero-order chi connectivity index (χ0) is 14.1. The minimum absolute atomic E-state index is 0.327. The first-order valence-electron chi connectivity index (χ1n) is 6.38. The maximum atomic E-state index is 13.5. The molecule has 2 aromatic rings. The van der Waals surface area contributed by atoms with Crippen LogP contribution in [0.1, 0.15) is 27.4 Å². The summed E-state index contributed by atoms with van der Waals surface area (Å²) in [5.41, 5.74) is 2.26. The highest BCUT2D eigenvalue weighted by molar-refractivity contribution is 5.88. The Kier molecular flexibility index (Phi) is 3.14. The van der Waals surface area contributed by atoms with Crippen molar-refractivity contribution in [1.29, 1.82) is 0 Å². The molecule has 102 valence electrons. The van der Waals surface area contributed by atoms with Gasteiger partial charge in [0.15, 0.2) is 0 Å². The Bertz CT molecular complexity index is 667. The number of fused-ring (bicyclic) bond motifs is 1. The molecule has 1 aliphatic carbocycles. The number of rotatable bonds is 4. The number of benzene rings is 2. The fourth-order valence-corrected chi connectivity index (χ4v) is 2.47. The summed E-state index contributed by atoms with van der Waals surface area (Å²) in [6.45, 7) is 0.475. The fraction of sp³-hybridized carbons (Fsp3) is 0.188. The van der Waals surface area contributed by atoms with Gasteiger partial charge in [0, 0.05) is 12.0 Å². The van der Waals surface area contributed by atoms with Gasteiger partial charge in [0.1, 0.15) is 11.6 Å². The molecule has 1 unspecified atom stereocenters. The highest BCUT2D eigenvalue weighted by atomic mass is 19.1. The maximum absolute atomic E-state index is 13.5. The normalized spacial score (nSPS) is 16.1. The molecule has 0 spiro atoms. The number of aromatic carboxylic acids is 1. The van der Waals surface area contributed by atoms with Gasteiger partial charge in [-0.25, -0.2) is 9.18 Å². The summed E-state index contributed by atoms with van der Waals surface area (Å²) in [7, 11) is 0. The van der Waals surface area contributed by atoms with Gasteiger partial charge < -0.3 is 9.84 Å². The summed E-state index contributed by atoms with van der Waals surface area (Å²) in [5.74, 6) is -1.36. The molecule has 0 saturated heterocycles. The lowest BCUT2D eigenvalue weighted by Crippen LogP contribution is -2.23. The Hall–Kier alpha value is -2.36. The standard InChI is InChI=1S/C16H13FO3/c17-15-8-12(5-6-14(15)16(18)19)20-9-11-7-10-3-1-2-4-13(10)11/h1-6,8,11H,7,9H2,(H,18,19). The van der Waals surface area contributed by atoms with E-state index in [9.17, 15) is 9.18 Å². The van der Waals surface area contributed by atoms with Crippen LogP contribution in [0.25, 0.3) is 0 Å². The van der Waals surface area contributed by atoms with E-state index in [1.165, 1.54) is 23.3 Å². The molecule has 0 aromatic heterocycles. The van der Waals surface area contributed by atoms with Crippen molar-refractivity contribution in [3.63, 3.8) is 0 Å². The van der Waals surface area contributed by atoms with Crippen LogP contribution in [0.2, 0.25) is 0 Å². The molecule has 0 saturated carbocycles. The molecular weight excluding hydrogens is 259 g/mol. The van der Waals surface area contributed by atoms with Crippen LogP contribution in [-0.2, 0) is 6.42 Å². The molecule has 2 aromatic carbocycles. The minimum Gasteiger partial charge on any atom is -0.493 e. The molecule has 0 aliphatic heterocycles. The van der Waals surface area contributed by atoms with E-state index in [4.69, 9.17) is 9.84 Å². The molecule has 3 rings (SSSR count). The number of ether oxygens (including phenoxy) is 1. The molecule has 0 radical (unpaired) electrons. The van der Waals surface area contributed by atoms with E-state index in [1.54, 1.807) is 0 Å². The van der Waals surface area contributed by atoms with Crippen LogP contribution < -0.4 is 4.74 Å². The number of hydrogen-bond acceptors (Lipinski definition) is 2. The number of hydrogen-bond donors (Lipinski definition) is 1. The van der Waals surface area contributed by atoms with E-state index >= 15 is 0 Å². The summed E-state index contributed by atoms with van der Waals surface area (Å²) in [6, 6.07) is 12.0. The van der Waals surface area contributed by atoms with Gasteiger partial charge in [0.05, 0.1) is 12.2 Å². The molecule has 3 nitrogen and oxygen atoms in total. The highest BCUT2D eigenvalue weighted by Gasteiger charge is 2.25. The Morgan fingerprint density at radius 1 is 1.30 bits per heavy atom. The van der Waals surface area contributed by atoms with E-state index in [0.717, 1.165) is 12.5 Å². The summed E-state index contributed by atoms with van der Waals surface area (Å²) in [4.78, 5) is 10.7. The second-order valence-corrected chi connectivity index (χ2v) is 4.86. The van der Waals surface area contributed by atoms with Crippen molar-refractivity contribution in [2.24, 2.45) is 0 Å². The van der Waals surface area contributed by atoms with Crippen LogP contribution in [0.5, 0.6) is 5.75 Å². The van der Waals surface area contributed by atoms with E-state index in [1.807, 2.05) is 12.1 Å². The van der Waals surface area contributed by atoms with Crippen LogP contribution in [0.4, 0.5) is 4.39 Å². The molecule has 0 bridgehead atoms. The lowest BCUT2D eigenvalue weighted by atomic mass is 9.78. The lowest BCUT2D eigenvalue weighted by Gasteiger charge is -2.29. The quantitative estimate of drug-likeness (QED) is 0.929. The van der Waals surface area contributed by atoms with Crippen molar-refractivity contribution in [2.45, 2.75) is 12.3 Å². The number of carboxylic acid groups (broad SMARTS) is 1. The smallest absolute Gasteiger partial charge is 0.338 e. The SMILES string of the molecule is O=C(O)c1ccc(OCC2Cc3ccccc32)cc1F. The van der Waals surface area contributed by atoms with Crippen LogP contribution >= 0.6 is 0 Å². The highest BCUT2D eigenvalue weighted by Crippen LogP contribution is 2.35. The third kappa shape index (κ3) is 2.25. The number of carboxylic acids is 1. The molecule has 20 heavy (non-hydrogen) atoms. The lowest BCUT2D eigenvalue weighted by molar-refractivity contribution is 0.0692. The van der Waals surface area contributed by atoms with Crippen molar-refractivity contribution >= 4 is 5.97 Å². The van der Waals surface area contributed by atoms with Gasteiger partial charge in [-0.1, -0.05) is 24.3 Å². The summed E-state index contributed by atoms with van der Waals surface area (Å²) < 4.78 is 19.0. The maximum Gasteiger partial charge on any atom is 0.338 e. The van der Waals surface area contributed by atoms with E-state index in [0.29, 0.717) is 18.3 Å². The summed E-state index contributed by atoms with van der Waals surface area (Å²) in [6.07, 6.45) is 0.964. The van der Waals surface area contributed by atoms with Gasteiger partial charge in [-0.3, -0.25) is 0 Å². The van der Waals surface area contributed by atoms with Crippen LogP contribution in [0.15, 0.2) is 42.5 Å². The van der Waals surface area contributed by atoms with E-state index in [-0.39, 0.29) is 5.56 Å². The Morgan fingerprint density at radius 3 is 2.80 bits per heavy atom. The zero-order valence-electron chi connectivity index (χ0n) is 10.7. The average molecular weight is 272 g/mol. The number of carbonyl (C=O) groups is 1. The van der Waals surface area contributed by atoms with Crippen LogP contribution in [0.3, 0.4) is 0 Å². The molecular formula is C16H13FO3. The topological polar surface area (TPSA) is 46.5 Å². The van der Waals surface area contributed by atoms with Gasteiger partial charge >= 0.3 is 5.97 Å². The molecule has 0 heterocycles. The molecule has 0 amide bonds. The fourth-order valence-electron chi connectivity index (χ4n) is 2.47. The molecule has 0 fully saturated rings. The molecule has 1 aliphatic rings. The van der Waals surface area contributed by atoms with Gasteiger partial charge in [0.2, 0.25) is 0 Å². The zero-order valence-corrected chi connectivity index (χ0v) is 10.7. The largest absolute Gasteiger partial charge is 0.493 e. The predicted molar refractivity (Wildman–Crippen MR) is 71.7 cm³/mol. The van der Waals surface area contributed by atoms with Crippen molar-refractivity contribution in [3.05, 3.63) is 65.0 Å². The first kappa shape index (κ1) is 12.7. The van der Waals surface area contributed by atoms with Crippen molar-refractivity contribution in [1.82, 2.24) is 0 Å². The third-order valence-corrected chi connectivity index (χ3v) is 3.58. The first-order valence-corrected chi connectivity index (χ1v) is 6.38. The van der Waals surface area contributed by atoms with Gasteiger partial charge in [-0.15, -0.1) is 0 Å². The van der Waals surface area contributed by atoms with Crippen LogP contribution in [0, 0.1) is 5.82 Å². The molecule has 1 N–H and O–H groups in total.